The van der Waals surface area contributed by atoms with Crippen molar-refractivity contribution in [2.75, 3.05) is 11.9 Å². The van der Waals surface area contributed by atoms with Crippen LogP contribution in [0.2, 0.25) is 0 Å². The Hall–Kier alpha value is -2.18. The van der Waals surface area contributed by atoms with E-state index >= 15 is 0 Å². The number of hydrogen-bond donors (Lipinski definition) is 2. The lowest BCUT2D eigenvalue weighted by Gasteiger charge is -2.08. The summed E-state index contributed by atoms with van der Waals surface area (Å²) in [5.74, 6) is -2.52. The average molecular weight is 270 g/mol. The van der Waals surface area contributed by atoms with Gasteiger partial charge < -0.3 is 10.4 Å². The van der Waals surface area contributed by atoms with Gasteiger partial charge >= 0.3 is 5.97 Å². The number of rotatable bonds is 7. The van der Waals surface area contributed by atoms with Crippen molar-refractivity contribution in [2.45, 2.75) is 26.2 Å². The molecule has 0 aliphatic carbocycles. The third-order valence-corrected chi connectivity index (χ3v) is 2.61. The fourth-order valence-electron chi connectivity index (χ4n) is 1.62. The van der Waals surface area contributed by atoms with Crippen molar-refractivity contribution in [3.05, 3.63) is 33.6 Å². The number of anilines is 1. The van der Waals surface area contributed by atoms with E-state index in [2.05, 4.69) is 5.32 Å². The second-order valence-electron chi connectivity index (χ2n) is 4.05. The molecule has 0 atom stereocenters. The number of aromatic carboxylic acids is 1. The van der Waals surface area contributed by atoms with E-state index in [1.165, 1.54) is 0 Å². The van der Waals surface area contributed by atoms with Gasteiger partial charge in [0.1, 0.15) is 17.1 Å². The summed E-state index contributed by atoms with van der Waals surface area (Å²) in [7, 11) is 0. The van der Waals surface area contributed by atoms with Crippen molar-refractivity contribution in [1.82, 2.24) is 0 Å². The number of benzene rings is 1. The topological polar surface area (TPSA) is 92.5 Å². The van der Waals surface area contributed by atoms with Gasteiger partial charge in [-0.05, 0) is 6.42 Å². The number of carboxylic acid groups (broad SMARTS) is 1. The fraction of sp³-hybridized carbons (Fsp3) is 0.417. The summed E-state index contributed by atoms with van der Waals surface area (Å²) in [5, 5.41) is 22.3. The van der Waals surface area contributed by atoms with Gasteiger partial charge in [-0.3, -0.25) is 10.1 Å². The summed E-state index contributed by atoms with van der Waals surface area (Å²) in [6, 6.07) is 1.59. The molecule has 2 N–H and O–H groups in total. The molecule has 7 heteroatoms. The lowest BCUT2D eigenvalue weighted by molar-refractivity contribution is -0.384. The molecule has 0 spiro atoms. The number of nitro benzene ring substituents is 1. The molecule has 1 rings (SSSR count). The zero-order chi connectivity index (χ0) is 14.4. The molecule has 104 valence electrons. The molecule has 0 heterocycles. The quantitative estimate of drug-likeness (QED) is 0.451. The first-order valence-corrected chi connectivity index (χ1v) is 5.92. The molecule has 0 aliphatic heterocycles. The first kappa shape index (κ1) is 14.9. The zero-order valence-corrected chi connectivity index (χ0v) is 10.5. The van der Waals surface area contributed by atoms with E-state index in [-0.39, 0.29) is 5.69 Å². The Morgan fingerprint density at radius 3 is 2.68 bits per heavy atom. The second kappa shape index (κ2) is 6.67. The van der Waals surface area contributed by atoms with Crippen LogP contribution in [0.4, 0.5) is 15.8 Å². The van der Waals surface area contributed by atoms with Crippen LogP contribution in [0.1, 0.15) is 36.5 Å². The molecule has 0 bridgehead atoms. The Kier molecular flexibility index (Phi) is 5.23. The molecule has 0 saturated heterocycles. The monoisotopic (exact) mass is 270 g/mol. The second-order valence-corrected chi connectivity index (χ2v) is 4.05. The van der Waals surface area contributed by atoms with Crippen LogP contribution >= 0.6 is 0 Å². The number of unbranched alkanes of at least 4 members (excludes halogenated alkanes) is 2. The Morgan fingerprint density at radius 2 is 2.16 bits per heavy atom. The molecule has 1 aromatic rings. The van der Waals surface area contributed by atoms with Crippen LogP contribution in [0, 0.1) is 15.9 Å². The predicted octanol–water partition coefficient (Wildman–Crippen LogP) is 3.03. The van der Waals surface area contributed by atoms with E-state index in [9.17, 15) is 19.3 Å². The van der Waals surface area contributed by atoms with E-state index in [1.807, 2.05) is 6.92 Å². The average Bonchev–Trinajstić information content (AvgIpc) is 2.33. The summed E-state index contributed by atoms with van der Waals surface area (Å²) < 4.78 is 13.5. The van der Waals surface area contributed by atoms with Crippen LogP contribution in [0.5, 0.6) is 0 Å². The highest BCUT2D eigenvalue weighted by atomic mass is 19.1. The molecular weight excluding hydrogens is 255 g/mol. The highest BCUT2D eigenvalue weighted by Crippen LogP contribution is 2.28. The van der Waals surface area contributed by atoms with E-state index in [0.717, 1.165) is 31.4 Å². The Morgan fingerprint density at radius 1 is 1.47 bits per heavy atom. The number of carboxylic acids is 1. The minimum atomic E-state index is -1.53. The minimum Gasteiger partial charge on any atom is -0.478 e. The van der Waals surface area contributed by atoms with Crippen LogP contribution in [0.25, 0.3) is 0 Å². The van der Waals surface area contributed by atoms with Gasteiger partial charge in [-0.25, -0.2) is 9.18 Å². The number of carbonyl (C=O) groups is 1. The fourth-order valence-corrected chi connectivity index (χ4v) is 1.62. The Bertz CT molecular complexity index is 491. The van der Waals surface area contributed by atoms with Gasteiger partial charge in [0.2, 0.25) is 0 Å². The molecule has 0 radical (unpaired) electrons. The molecule has 19 heavy (non-hydrogen) atoms. The summed E-state index contributed by atoms with van der Waals surface area (Å²) in [6.07, 6.45) is 2.75. The van der Waals surface area contributed by atoms with Crippen molar-refractivity contribution < 1.29 is 19.2 Å². The summed E-state index contributed by atoms with van der Waals surface area (Å²) in [4.78, 5) is 20.8. The SMILES string of the molecule is CCCCCNc1cc(F)c(C(=O)O)cc1[N+](=O)[O-]. The van der Waals surface area contributed by atoms with Gasteiger partial charge in [-0.2, -0.15) is 0 Å². The van der Waals surface area contributed by atoms with Crippen LogP contribution < -0.4 is 5.32 Å². The minimum absolute atomic E-state index is 0.00334. The van der Waals surface area contributed by atoms with E-state index < -0.39 is 28.0 Å². The van der Waals surface area contributed by atoms with Crippen molar-refractivity contribution in [3.63, 3.8) is 0 Å². The molecule has 0 aromatic heterocycles. The largest absolute Gasteiger partial charge is 0.478 e. The van der Waals surface area contributed by atoms with Crippen molar-refractivity contribution in [3.8, 4) is 0 Å². The molecule has 0 aliphatic rings. The van der Waals surface area contributed by atoms with Crippen LogP contribution in [0.15, 0.2) is 12.1 Å². The molecular formula is C12H15FN2O4. The maximum absolute atomic E-state index is 13.5. The van der Waals surface area contributed by atoms with E-state index in [1.54, 1.807) is 0 Å². The first-order valence-electron chi connectivity index (χ1n) is 5.92. The zero-order valence-electron chi connectivity index (χ0n) is 10.5. The third-order valence-electron chi connectivity index (χ3n) is 2.61. The van der Waals surface area contributed by atoms with Gasteiger partial charge in [-0.15, -0.1) is 0 Å². The number of nitro groups is 1. The van der Waals surface area contributed by atoms with Gasteiger partial charge in [0, 0.05) is 18.7 Å². The smallest absolute Gasteiger partial charge is 0.338 e. The van der Waals surface area contributed by atoms with Gasteiger partial charge in [0.05, 0.1) is 4.92 Å². The summed E-state index contributed by atoms with van der Waals surface area (Å²) >= 11 is 0. The molecule has 0 saturated carbocycles. The molecule has 6 nitrogen and oxygen atoms in total. The van der Waals surface area contributed by atoms with Crippen LogP contribution in [-0.2, 0) is 0 Å². The number of nitrogens with one attached hydrogen (secondary N) is 1. The molecule has 1 aromatic carbocycles. The summed E-state index contributed by atoms with van der Waals surface area (Å²) in [6.45, 7) is 2.49. The van der Waals surface area contributed by atoms with Gasteiger partial charge in [-0.1, -0.05) is 19.8 Å². The predicted molar refractivity (Wildman–Crippen MR) is 68.0 cm³/mol. The van der Waals surface area contributed by atoms with Crippen molar-refractivity contribution in [1.29, 1.82) is 0 Å². The lowest BCUT2D eigenvalue weighted by Crippen LogP contribution is -2.08. The highest BCUT2D eigenvalue weighted by molar-refractivity contribution is 5.90. The van der Waals surface area contributed by atoms with E-state index in [0.29, 0.717) is 6.54 Å². The molecule has 0 fully saturated rings. The highest BCUT2D eigenvalue weighted by Gasteiger charge is 2.21. The van der Waals surface area contributed by atoms with Crippen molar-refractivity contribution in [2.24, 2.45) is 0 Å². The van der Waals surface area contributed by atoms with Crippen LogP contribution in [-0.4, -0.2) is 22.5 Å². The first-order chi connectivity index (χ1) is 8.97. The standard InChI is InChI=1S/C12H15FN2O4/c1-2-3-4-5-14-10-7-9(13)8(12(16)17)6-11(10)15(18)19/h6-7,14H,2-5H2,1H3,(H,16,17). The number of hydrogen-bond acceptors (Lipinski definition) is 4. The Labute approximate surface area is 109 Å². The maximum atomic E-state index is 13.5. The van der Waals surface area contributed by atoms with Gasteiger partial charge in [0.25, 0.3) is 5.69 Å². The number of nitrogens with zero attached hydrogens (tertiary/aromatic N) is 1. The van der Waals surface area contributed by atoms with E-state index in [4.69, 9.17) is 5.11 Å². The van der Waals surface area contributed by atoms with Crippen molar-refractivity contribution >= 4 is 17.3 Å². The summed E-state index contributed by atoms with van der Waals surface area (Å²) in [5.41, 5.74) is -1.13. The third kappa shape index (κ3) is 3.90. The molecule has 0 amide bonds. The van der Waals surface area contributed by atoms with Gasteiger partial charge in [0.15, 0.2) is 0 Å². The molecule has 0 unspecified atom stereocenters. The number of halogens is 1. The lowest BCUT2D eigenvalue weighted by atomic mass is 10.1. The normalized spacial score (nSPS) is 10.2. The van der Waals surface area contributed by atoms with Crippen LogP contribution in [0.3, 0.4) is 0 Å². The maximum Gasteiger partial charge on any atom is 0.338 e. The Balaban J connectivity index is 2.99.